The fourth-order valence-electron chi connectivity index (χ4n) is 2.30. The minimum absolute atomic E-state index is 0.327. The zero-order valence-electron chi connectivity index (χ0n) is 15.3. The summed E-state index contributed by atoms with van der Waals surface area (Å²) in [6.45, 7) is 13.4. The number of unbranched alkanes of at least 4 members (excludes halogenated alkanes) is 2. The molecule has 0 rings (SSSR count). The quantitative estimate of drug-likeness (QED) is 0.615. The van der Waals surface area contributed by atoms with E-state index in [-0.39, 0.29) is 6.09 Å². The number of hydrogen-bond donors (Lipinski definition) is 2. The molecule has 0 radical (unpaired) electrons. The fraction of sp³-hybridized carbons (Fsp3) is 0.941. The number of carbonyl (C=O) groups excluding carboxylic acids is 1. The van der Waals surface area contributed by atoms with Crippen molar-refractivity contribution in [1.82, 2.24) is 10.2 Å². The highest BCUT2D eigenvalue weighted by molar-refractivity contribution is 5.67. The second-order valence-corrected chi connectivity index (χ2v) is 6.85. The lowest BCUT2D eigenvalue weighted by Crippen LogP contribution is -2.44. The van der Waals surface area contributed by atoms with Gasteiger partial charge in [0.2, 0.25) is 0 Å². The largest absolute Gasteiger partial charge is 0.444 e. The van der Waals surface area contributed by atoms with Crippen molar-refractivity contribution in [3.63, 3.8) is 0 Å². The van der Waals surface area contributed by atoms with Crippen molar-refractivity contribution in [3.05, 3.63) is 0 Å². The summed E-state index contributed by atoms with van der Waals surface area (Å²) in [5, 5.41) is 2.83. The Labute approximate surface area is 137 Å². The van der Waals surface area contributed by atoms with Gasteiger partial charge in [-0.05, 0) is 53.1 Å². The Bertz CT molecular complexity index is 282. The van der Waals surface area contributed by atoms with Crippen LogP contribution in [0.2, 0.25) is 0 Å². The summed E-state index contributed by atoms with van der Waals surface area (Å²) in [7, 11) is 0. The summed E-state index contributed by atoms with van der Waals surface area (Å²) in [4.78, 5) is 14.1. The molecule has 132 valence electrons. The summed E-state index contributed by atoms with van der Waals surface area (Å²) >= 11 is 0. The van der Waals surface area contributed by atoms with E-state index < -0.39 is 5.60 Å². The van der Waals surface area contributed by atoms with E-state index in [1.807, 2.05) is 20.8 Å². The lowest BCUT2D eigenvalue weighted by atomic mass is 10.1. The molecule has 0 saturated heterocycles. The zero-order chi connectivity index (χ0) is 17.0. The minimum Gasteiger partial charge on any atom is -0.444 e. The molecule has 0 aromatic rings. The monoisotopic (exact) mass is 315 g/mol. The normalized spacial score (nSPS) is 13.2. The van der Waals surface area contributed by atoms with Gasteiger partial charge >= 0.3 is 6.09 Å². The second kappa shape index (κ2) is 11.7. The van der Waals surface area contributed by atoms with Gasteiger partial charge in [0.15, 0.2) is 0 Å². The number of ether oxygens (including phenoxy) is 1. The number of carbonyl (C=O) groups is 1. The molecule has 0 aliphatic rings. The standard InChI is InChI=1S/C17H37N3O2/c1-6-8-12-20(13-9-7-2)15(14-18)10-11-19-16(21)22-17(3,4)5/h15H,6-14,18H2,1-5H3,(H,19,21). The highest BCUT2D eigenvalue weighted by Crippen LogP contribution is 2.09. The molecule has 0 aromatic heterocycles. The van der Waals surface area contributed by atoms with Gasteiger partial charge < -0.3 is 15.8 Å². The summed E-state index contributed by atoms with van der Waals surface area (Å²) in [5.41, 5.74) is 5.50. The molecule has 0 spiro atoms. The summed E-state index contributed by atoms with van der Waals surface area (Å²) in [6, 6.07) is 0.327. The van der Waals surface area contributed by atoms with Gasteiger partial charge in [0.1, 0.15) is 5.60 Å². The third-order valence-corrected chi connectivity index (χ3v) is 3.53. The fourth-order valence-corrected chi connectivity index (χ4v) is 2.30. The van der Waals surface area contributed by atoms with Crippen molar-refractivity contribution in [1.29, 1.82) is 0 Å². The molecule has 1 atom stereocenters. The van der Waals surface area contributed by atoms with Crippen molar-refractivity contribution in [2.24, 2.45) is 5.73 Å². The number of nitrogens with two attached hydrogens (primary N) is 1. The van der Waals surface area contributed by atoms with Gasteiger partial charge in [0.25, 0.3) is 0 Å². The van der Waals surface area contributed by atoms with Crippen LogP contribution in [0, 0.1) is 0 Å². The molecular formula is C17H37N3O2. The maximum absolute atomic E-state index is 11.7. The molecule has 0 bridgehead atoms. The Kier molecular flexibility index (Phi) is 11.3. The molecule has 3 N–H and O–H groups in total. The molecule has 0 fully saturated rings. The lowest BCUT2D eigenvalue weighted by molar-refractivity contribution is 0.0521. The average Bonchev–Trinajstić information content (AvgIpc) is 2.42. The van der Waals surface area contributed by atoms with E-state index in [1.54, 1.807) is 0 Å². The average molecular weight is 316 g/mol. The van der Waals surface area contributed by atoms with E-state index in [9.17, 15) is 4.79 Å². The first-order valence-electron chi connectivity index (χ1n) is 8.75. The van der Waals surface area contributed by atoms with Crippen molar-refractivity contribution in [3.8, 4) is 0 Å². The molecule has 22 heavy (non-hydrogen) atoms. The van der Waals surface area contributed by atoms with Crippen molar-refractivity contribution >= 4 is 6.09 Å². The van der Waals surface area contributed by atoms with E-state index in [0.717, 1.165) is 19.5 Å². The van der Waals surface area contributed by atoms with Crippen LogP contribution in [0.25, 0.3) is 0 Å². The van der Waals surface area contributed by atoms with Crippen LogP contribution in [0.4, 0.5) is 4.79 Å². The van der Waals surface area contributed by atoms with Crippen LogP contribution in [0.1, 0.15) is 66.7 Å². The van der Waals surface area contributed by atoms with Crippen molar-refractivity contribution in [2.75, 3.05) is 26.2 Å². The summed E-state index contributed by atoms with van der Waals surface area (Å²) < 4.78 is 5.25. The van der Waals surface area contributed by atoms with E-state index in [2.05, 4.69) is 24.1 Å². The van der Waals surface area contributed by atoms with Crippen LogP contribution in [-0.2, 0) is 4.74 Å². The molecular weight excluding hydrogens is 278 g/mol. The Morgan fingerprint density at radius 3 is 2.14 bits per heavy atom. The Morgan fingerprint density at radius 1 is 1.18 bits per heavy atom. The Morgan fingerprint density at radius 2 is 1.73 bits per heavy atom. The first kappa shape index (κ1) is 21.2. The number of nitrogens with zero attached hydrogens (tertiary/aromatic N) is 1. The maximum atomic E-state index is 11.7. The van der Waals surface area contributed by atoms with Crippen LogP contribution in [-0.4, -0.2) is 48.8 Å². The van der Waals surface area contributed by atoms with Crippen molar-refractivity contribution < 1.29 is 9.53 Å². The van der Waals surface area contributed by atoms with Gasteiger partial charge in [0.05, 0.1) is 0 Å². The Hall–Kier alpha value is -0.810. The molecule has 5 nitrogen and oxygen atoms in total. The van der Waals surface area contributed by atoms with Gasteiger partial charge in [-0.25, -0.2) is 4.79 Å². The molecule has 0 aliphatic carbocycles. The zero-order valence-corrected chi connectivity index (χ0v) is 15.3. The molecule has 0 saturated carbocycles. The SMILES string of the molecule is CCCCN(CCCC)C(CN)CCNC(=O)OC(C)(C)C. The molecule has 0 aliphatic heterocycles. The van der Waals surface area contributed by atoms with Crippen LogP contribution in [0.3, 0.4) is 0 Å². The number of amides is 1. The third-order valence-electron chi connectivity index (χ3n) is 3.53. The van der Waals surface area contributed by atoms with Crippen LogP contribution in [0.5, 0.6) is 0 Å². The van der Waals surface area contributed by atoms with Gasteiger partial charge in [-0.1, -0.05) is 26.7 Å². The first-order chi connectivity index (χ1) is 10.3. The summed E-state index contributed by atoms with van der Waals surface area (Å²) in [5.74, 6) is 0. The van der Waals surface area contributed by atoms with E-state index in [1.165, 1.54) is 25.7 Å². The van der Waals surface area contributed by atoms with E-state index in [4.69, 9.17) is 10.5 Å². The van der Waals surface area contributed by atoms with Gasteiger partial charge in [-0.3, -0.25) is 4.90 Å². The Balaban J connectivity index is 4.25. The topological polar surface area (TPSA) is 67.6 Å². The van der Waals surface area contributed by atoms with E-state index >= 15 is 0 Å². The lowest BCUT2D eigenvalue weighted by Gasteiger charge is -2.31. The number of hydrogen-bond acceptors (Lipinski definition) is 4. The molecule has 1 unspecified atom stereocenters. The first-order valence-corrected chi connectivity index (χ1v) is 8.75. The highest BCUT2D eigenvalue weighted by Gasteiger charge is 2.18. The highest BCUT2D eigenvalue weighted by atomic mass is 16.6. The smallest absolute Gasteiger partial charge is 0.407 e. The van der Waals surface area contributed by atoms with Gasteiger partial charge in [0, 0.05) is 19.1 Å². The second-order valence-electron chi connectivity index (χ2n) is 6.85. The summed E-state index contributed by atoms with van der Waals surface area (Å²) in [6.07, 6.45) is 5.28. The molecule has 1 amide bonds. The molecule has 0 heterocycles. The van der Waals surface area contributed by atoms with E-state index in [0.29, 0.717) is 19.1 Å². The van der Waals surface area contributed by atoms with Crippen LogP contribution < -0.4 is 11.1 Å². The predicted octanol–water partition coefficient (Wildman–Crippen LogP) is 3.13. The van der Waals surface area contributed by atoms with Gasteiger partial charge in [-0.15, -0.1) is 0 Å². The van der Waals surface area contributed by atoms with Crippen molar-refractivity contribution in [2.45, 2.75) is 78.4 Å². The third kappa shape index (κ3) is 10.9. The number of rotatable bonds is 11. The maximum Gasteiger partial charge on any atom is 0.407 e. The number of nitrogens with one attached hydrogen (secondary N) is 1. The predicted molar refractivity (Wildman–Crippen MR) is 93.1 cm³/mol. The molecule has 0 aromatic carbocycles. The van der Waals surface area contributed by atoms with Gasteiger partial charge in [-0.2, -0.15) is 0 Å². The van der Waals surface area contributed by atoms with Crippen LogP contribution >= 0.6 is 0 Å². The minimum atomic E-state index is -0.453. The van der Waals surface area contributed by atoms with Crippen LogP contribution in [0.15, 0.2) is 0 Å². The number of alkyl carbamates (subject to hydrolysis) is 1. The molecule has 5 heteroatoms.